The van der Waals surface area contributed by atoms with Gasteiger partial charge in [-0.1, -0.05) is 24.3 Å². The summed E-state index contributed by atoms with van der Waals surface area (Å²) in [6, 6.07) is 14.8. The first-order valence-corrected chi connectivity index (χ1v) is 11.4. The van der Waals surface area contributed by atoms with E-state index in [0.29, 0.717) is 11.6 Å². The van der Waals surface area contributed by atoms with Gasteiger partial charge in [-0.3, -0.25) is 5.32 Å². The summed E-state index contributed by atoms with van der Waals surface area (Å²) in [4.78, 5) is 11.6. The van der Waals surface area contributed by atoms with E-state index in [0.717, 1.165) is 25.7 Å². The van der Waals surface area contributed by atoms with Crippen LogP contribution >= 0.6 is 0 Å². The summed E-state index contributed by atoms with van der Waals surface area (Å²) in [5, 5.41) is 2.54. The first-order chi connectivity index (χ1) is 13.9. The first-order valence-electron chi connectivity index (χ1n) is 9.94. The standard InChI is InChI=1S/C22H26N2O4S/c1-15-5-3-4-6-21(15)16-13-19(14-16)24(18-9-10-18)29(26,27)20-11-7-17(8-12-20)23-22(25)28-2/h3-8,11-12,16,18-19H,9-10,13-14H2,1-2H3,(H,23,25). The van der Waals surface area contributed by atoms with E-state index in [2.05, 4.69) is 35.2 Å². The van der Waals surface area contributed by atoms with E-state index in [9.17, 15) is 13.2 Å². The lowest BCUT2D eigenvalue weighted by Crippen LogP contribution is -2.48. The summed E-state index contributed by atoms with van der Waals surface area (Å²) >= 11 is 0. The van der Waals surface area contributed by atoms with Crippen LogP contribution in [0.25, 0.3) is 0 Å². The van der Waals surface area contributed by atoms with E-state index in [-0.39, 0.29) is 17.0 Å². The SMILES string of the molecule is COC(=O)Nc1ccc(S(=O)(=O)N(C2CC2)C2CC(c3ccccc3C)C2)cc1. The number of methoxy groups -OCH3 is 1. The molecule has 1 amide bonds. The van der Waals surface area contributed by atoms with Crippen LogP contribution in [0.1, 0.15) is 42.7 Å². The summed E-state index contributed by atoms with van der Waals surface area (Å²) in [6.45, 7) is 2.11. The van der Waals surface area contributed by atoms with Gasteiger partial charge in [0.2, 0.25) is 10.0 Å². The molecule has 0 heterocycles. The first kappa shape index (κ1) is 19.9. The Morgan fingerprint density at radius 3 is 2.28 bits per heavy atom. The average Bonchev–Trinajstić information content (AvgIpc) is 3.50. The van der Waals surface area contributed by atoms with E-state index >= 15 is 0 Å². The topological polar surface area (TPSA) is 75.7 Å². The summed E-state index contributed by atoms with van der Waals surface area (Å²) in [6.07, 6.45) is 2.99. The number of anilines is 1. The van der Waals surface area contributed by atoms with Crippen molar-refractivity contribution in [2.45, 2.75) is 55.5 Å². The predicted octanol–water partition coefficient (Wildman–Crippen LogP) is 4.27. The van der Waals surface area contributed by atoms with Crippen LogP contribution in [0.3, 0.4) is 0 Å². The van der Waals surface area contributed by atoms with Crippen molar-refractivity contribution in [3.63, 3.8) is 0 Å². The van der Waals surface area contributed by atoms with Crippen molar-refractivity contribution in [2.75, 3.05) is 12.4 Å². The Bertz CT molecular complexity index is 994. The molecule has 0 saturated heterocycles. The molecule has 154 valence electrons. The minimum Gasteiger partial charge on any atom is -0.453 e. The minimum atomic E-state index is -3.58. The molecule has 4 rings (SSSR count). The van der Waals surface area contributed by atoms with Crippen molar-refractivity contribution < 1.29 is 17.9 Å². The largest absolute Gasteiger partial charge is 0.453 e. The van der Waals surface area contributed by atoms with Gasteiger partial charge in [0.25, 0.3) is 0 Å². The maximum atomic E-state index is 13.4. The Morgan fingerprint density at radius 1 is 1.03 bits per heavy atom. The van der Waals surface area contributed by atoms with E-state index in [1.807, 2.05) is 6.07 Å². The Hall–Kier alpha value is -2.38. The maximum absolute atomic E-state index is 13.4. The molecule has 0 radical (unpaired) electrons. The lowest BCUT2D eigenvalue weighted by Gasteiger charge is -2.43. The van der Waals surface area contributed by atoms with E-state index in [1.165, 1.54) is 18.2 Å². The molecule has 2 aromatic rings. The normalized spacial score (nSPS) is 21.5. The molecule has 0 aromatic heterocycles. The molecular weight excluding hydrogens is 388 g/mol. The summed E-state index contributed by atoms with van der Waals surface area (Å²) in [7, 11) is -2.29. The maximum Gasteiger partial charge on any atom is 0.411 e. The second-order valence-corrected chi connectivity index (χ2v) is 9.73. The molecule has 2 fully saturated rings. The highest BCUT2D eigenvalue weighted by Gasteiger charge is 2.47. The van der Waals surface area contributed by atoms with Gasteiger partial charge < -0.3 is 4.74 Å². The van der Waals surface area contributed by atoms with Gasteiger partial charge in [-0.15, -0.1) is 0 Å². The zero-order valence-corrected chi connectivity index (χ0v) is 17.5. The van der Waals surface area contributed by atoms with Crippen molar-refractivity contribution in [3.8, 4) is 0 Å². The van der Waals surface area contributed by atoms with Gasteiger partial charge in [-0.25, -0.2) is 13.2 Å². The third kappa shape index (κ3) is 4.02. The molecule has 0 unspecified atom stereocenters. The van der Waals surface area contributed by atoms with Gasteiger partial charge in [0.1, 0.15) is 0 Å². The lowest BCUT2D eigenvalue weighted by molar-refractivity contribution is 0.184. The second kappa shape index (κ2) is 7.80. The molecular formula is C22H26N2O4S. The van der Waals surface area contributed by atoms with Crippen LogP contribution in [0.2, 0.25) is 0 Å². The number of hydrogen-bond acceptors (Lipinski definition) is 4. The third-order valence-corrected chi connectivity index (χ3v) is 7.89. The van der Waals surface area contributed by atoms with Crippen molar-refractivity contribution in [1.82, 2.24) is 4.31 Å². The molecule has 0 bridgehead atoms. The Balaban J connectivity index is 1.50. The quantitative estimate of drug-likeness (QED) is 0.766. The molecule has 29 heavy (non-hydrogen) atoms. The van der Waals surface area contributed by atoms with Crippen LogP contribution in [0, 0.1) is 6.92 Å². The fourth-order valence-electron chi connectivity index (χ4n) is 4.11. The highest BCUT2D eigenvalue weighted by atomic mass is 32.2. The molecule has 2 aliphatic carbocycles. The van der Waals surface area contributed by atoms with Gasteiger partial charge >= 0.3 is 6.09 Å². The monoisotopic (exact) mass is 414 g/mol. The number of rotatable bonds is 6. The molecule has 1 N–H and O–H groups in total. The molecule has 6 nitrogen and oxygen atoms in total. The van der Waals surface area contributed by atoms with Gasteiger partial charge in [0.05, 0.1) is 12.0 Å². The summed E-state index contributed by atoms with van der Waals surface area (Å²) in [5.41, 5.74) is 3.10. The van der Waals surface area contributed by atoms with E-state index < -0.39 is 16.1 Å². The van der Waals surface area contributed by atoms with Gasteiger partial charge in [-0.05, 0) is 73.9 Å². The highest BCUT2D eigenvalue weighted by molar-refractivity contribution is 7.89. The minimum absolute atomic E-state index is 0.0463. The van der Waals surface area contributed by atoms with Crippen molar-refractivity contribution >= 4 is 21.8 Å². The number of carbonyl (C=O) groups excluding carboxylic acids is 1. The van der Waals surface area contributed by atoms with Crippen molar-refractivity contribution in [3.05, 3.63) is 59.7 Å². The Labute approximate surface area is 171 Å². The number of hydrogen-bond donors (Lipinski definition) is 1. The van der Waals surface area contributed by atoms with Crippen LogP contribution in [-0.4, -0.2) is 38.0 Å². The predicted molar refractivity (Wildman–Crippen MR) is 111 cm³/mol. The number of nitrogens with one attached hydrogen (secondary N) is 1. The molecule has 2 aliphatic rings. The van der Waals surface area contributed by atoms with Crippen molar-refractivity contribution in [1.29, 1.82) is 0 Å². The molecule has 0 aliphatic heterocycles. The number of aryl methyl sites for hydroxylation is 1. The third-order valence-electron chi connectivity index (χ3n) is 5.87. The van der Waals surface area contributed by atoms with Gasteiger partial charge in [-0.2, -0.15) is 4.31 Å². The lowest BCUT2D eigenvalue weighted by atomic mass is 9.74. The highest BCUT2D eigenvalue weighted by Crippen LogP contribution is 2.46. The smallest absolute Gasteiger partial charge is 0.411 e. The fraction of sp³-hybridized carbons (Fsp3) is 0.409. The Morgan fingerprint density at radius 2 is 1.69 bits per heavy atom. The summed E-state index contributed by atoms with van der Waals surface area (Å²) < 4.78 is 33.0. The average molecular weight is 415 g/mol. The van der Waals surface area contributed by atoms with Crippen LogP contribution in [0.5, 0.6) is 0 Å². The summed E-state index contributed by atoms with van der Waals surface area (Å²) in [5.74, 6) is 0.421. The van der Waals surface area contributed by atoms with Gasteiger partial charge in [0.15, 0.2) is 0 Å². The number of ether oxygens (including phenoxy) is 1. The van der Waals surface area contributed by atoms with E-state index in [4.69, 9.17) is 0 Å². The number of nitrogens with zero attached hydrogens (tertiary/aromatic N) is 1. The zero-order chi connectivity index (χ0) is 20.6. The Kier molecular flexibility index (Phi) is 5.36. The molecule has 2 saturated carbocycles. The van der Waals surface area contributed by atoms with Gasteiger partial charge in [0, 0.05) is 17.8 Å². The molecule has 0 spiro atoms. The molecule has 2 aromatic carbocycles. The number of amides is 1. The van der Waals surface area contributed by atoms with Crippen molar-refractivity contribution in [2.24, 2.45) is 0 Å². The number of benzene rings is 2. The number of sulfonamides is 1. The molecule has 0 atom stereocenters. The fourth-order valence-corrected chi connectivity index (χ4v) is 6.01. The van der Waals surface area contributed by atoms with Crippen LogP contribution in [0.15, 0.2) is 53.4 Å². The number of carbonyl (C=O) groups is 1. The molecule has 7 heteroatoms. The zero-order valence-electron chi connectivity index (χ0n) is 16.7. The van der Waals surface area contributed by atoms with Crippen LogP contribution in [-0.2, 0) is 14.8 Å². The van der Waals surface area contributed by atoms with Crippen LogP contribution in [0.4, 0.5) is 10.5 Å². The van der Waals surface area contributed by atoms with E-state index in [1.54, 1.807) is 28.6 Å². The van der Waals surface area contributed by atoms with Crippen LogP contribution < -0.4 is 5.32 Å². The second-order valence-electron chi connectivity index (χ2n) is 7.89.